The number of rotatable bonds is 2. The second kappa shape index (κ2) is 4.38. The quantitative estimate of drug-likeness (QED) is 0.829. The maximum atomic E-state index is 12.6. The van der Waals surface area contributed by atoms with Crippen LogP contribution in [-0.4, -0.2) is 29.9 Å². The molecule has 1 heterocycles. The number of carbonyl (C=O) groups is 1. The zero-order valence-electron chi connectivity index (χ0n) is 10.8. The van der Waals surface area contributed by atoms with Crippen LogP contribution in [0.2, 0.25) is 0 Å². The molecule has 5 atom stereocenters. The van der Waals surface area contributed by atoms with Crippen LogP contribution in [0.5, 0.6) is 0 Å². The lowest BCUT2D eigenvalue weighted by Gasteiger charge is -2.24. The van der Waals surface area contributed by atoms with Gasteiger partial charge in [0.05, 0.1) is 0 Å². The van der Waals surface area contributed by atoms with E-state index in [0.29, 0.717) is 24.4 Å². The van der Waals surface area contributed by atoms with Crippen molar-refractivity contribution < 1.29 is 4.79 Å². The van der Waals surface area contributed by atoms with Crippen LogP contribution >= 0.6 is 12.4 Å². The molecule has 3 nitrogen and oxygen atoms in total. The van der Waals surface area contributed by atoms with Gasteiger partial charge < -0.3 is 10.6 Å². The molecule has 2 N–H and O–H groups in total. The van der Waals surface area contributed by atoms with Gasteiger partial charge in [0.2, 0.25) is 5.91 Å². The fourth-order valence-corrected chi connectivity index (χ4v) is 5.22. The molecule has 4 rings (SSSR count). The van der Waals surface area contributed by atoms with Gasteiger partial charge in [0.25, 0.3) is 0 Å². The van der Waals surface area contributed by atoms with Crippen molar-refractivity contribution in [1.82, 2.24) is 4.90 Å². The highest BCUT2D eigenvalue weighted by molar-refractivity contribution is 5.85. The highest BCUT2D eigenvalue weighted by Crippen LogP contribution is 2.69. The van der Waals surface area contributed by atoms with E-state index in [1.807, 2.05) is 0 Å². The van der Waals surface area contributed by atoms with Crippen molar-refractivity contribution >= 4 is 18.3 Å². The normalized spacial score (nSPS) is 47.9. The van der Waals surface area contributed by atoms with Crippen LogP contribution in [0.15, 0.2) is 0 Å². The number of amides is 1. The molecule has 4 aliphatic rings. The number of hydrogen-bond donors (Lipinski definition) is 1. The third kappa shape index (κ3) is 1.56. The minimum absolute atomic E-state index is 0. The van der Waals surface area contributed by atoms with Crippen LogP contribution in [0.1, 0.15) is 32.1 Å². The van der Waals surface area contributed by atoms with Crippen molar-refractivity contribution in [2.45, 2.75) is 38.1 Å². The summed E-state index contributed by atoms with van der Waals surface area (Å²) in [5.74, 6) is 4.23. The SMILES string of the molecule is Cl.NCC1CCCN1C(=O)C1C2C3CCC(C3)C12. The van der Waals surface area contributed by atoms with Gasteiger partial charge in [0, 0.05) is 25.0 Å². The Morgan fingerprint density at radius 2 is 1.83 bits per heavy atom. The Morgan fingerprint density at radius 3 is 2.44 bits per heavy atom. The van der Waals surface area contributed by atoms with Crippen LogP contribution < -0.4 is 5.73 Å². The van der Waals surface area contributed by atoms with Crippen molar-refractivity contribution in [3.8, 4) is 0 Å². The third-order valence-electron chi connectivity index (χ3n) is 5.95. The second-order valence-corrected chi connectivity index (χ2v) is 6.58. The summed E-state index contributed by atoms with van der Waals surface area (Å²) in [6.45, 7) is 1.62. The van der Waals surface area contributed by atoms with Gasteiger partial charge in [0.15, 0.2) is 0 Å². The van der Waals surface area contributed by atoms with Crippen LogP contribution in [0.4, 0.5) is 0 Å². The molecule has 5 unspecified atom stereocenters. The molecule has 1 aliphatic heterocycles. The molecule has 0 spiro atoms. The fourth-order valence-electron chi connectivity index (χ4n) is 5.22. The van der Waals surface area contributed by atoms with Gasteiger partial charge in [-0.25, -0.2) is 0 Å². The molecule has 0 radical (unpaired) electrons. The average Bonchev–Trinajstić information content (AvgIpc) is 2.78. The maximum Gasteiger partial charge on any atom is 0.226 e. The number of carbonyl (C=O) groups excluding carboxylic acids is 1. The van der Waals surface area contributed by atoms with E-state index >= 15 is 0 Å². The Morgan fingerprint density at radius 1 is 1.17 bits per heavy atom. The third-order valence-corrected chi connectivity index (χ3v) is 5.95. The topological polar surface area (TPSA) is 46.3 Å². The van der Waals surface area contributed by atoms with E-state index in [1.54, 1.807) is 0 Å². The summed E-state index contributed by atoms with van der Waals surface area (Å²) in [5, 5.41) is 0. The molecular weight excluding hydrogens is 248 g/mol. The van der Waals surface area contributed by atoms with Crippen molar-refractivity contribution in [1.29, 1.82) is 0 Å². The summed E-state index contributed by atoms with van der Waals surface area (Å²) >= 11 is 0. The second-order valence-electron chi connectivity index (χ2n) is 6.58. The largest absolute Gasteiger partial charge is 0.338 e. The van der Waals surface area contributed by atoms with E-state index < -0.39 is 0 Å². The number of fused-ring (bicyclic) bond motifs is 5. The number of nitrogens with zero attached hydrogens (tertiary/aromatic N) is 1. The lowest BCUT2D eigenvalue weighted by atomic mass is 10.0. The lowest BCUT2D eigenvalue weighted by Crippen LogP contribution is -2.41. The molecule has 1 amide bonds. The minimum Gasteiger partial charge on any atom is -0.338 e. The predicted octanol–water partition coefficient (Wildman–Crippen LogP) is 1.65. The van der Waals surface area contributed by atoms with Crippen molar-refractivity contribution in [2.75, 3.05) is 13.1 Å². The molecule has 0 aromatic carbocycles. The first-order valence-electron chi connectivity index (χ1n) is 7.32. The number of likely N-dealkylation sites (tertiary alicyclic amines) is 1. The number of nitrogens with two attached hydrogens (primary N) is 1. The van der Waals surface area contributed by atoms with Crippen LogP contribution in [0.25, 0.3) is 0 Å². The summed E-state index contributed by atoms with van der Waals surface area (Å²) < 4.78 is 0. The van der Waals surface area contributed by atoms with Crippen LogP contribution in [0, 0.1) is 29.6 Å². The molecule has 18 heavy (non-hydrogen) atoms. The standard InChI is InChI=1S/C14H22N2O.ClH/c15-7-10-2-1-5-16(10)14(17)13-11-8-3-4-9(6-8)12(11)13;/h8-13H,1-7,15H2;1H. The minimum atomic E-state index is 0. The Labute approximate surface area is 115 Å². The van der Waals surface area contributed by atoms with E-state index in [2.05, 4.69) is 4.90 Å². The molecule has 3 aliphatic carbocycles. The van der Waals surface area contributed by atoms with E-state index in [0.717, 1.165) is 43.1 Å². The smallest absolute Gasteiger partial charge is 0.226 e. The van der Waals surface area contributed by atoms with Gasteiger partial charge in [-0.1, -0.05) is 0 Å². The van der Waals surface area contributed by atoms with Crippen molar-refractivity contribution in [3.05, 3.63) is 0 Å². The molecular formula is C14H23ClN2O. The van der Waals surface area contributed by atoms with E-state index in [9.17, 15) is 4.79 Å². The molecule has 0 aromatic rings. The maximum absolute atomic E-state index is 12.6. The van der Waals surface area contributed by atoms with E-state index in [-0.39, 0.29) is 12.4 Å². The molecule has 2 bridgehead atoms. The first-order valence-corrected chi connectivity index (χ1v) is 7.32. The summed E-state index contributed by atoms with van der Waals surface area (Å²) in [4.78, 5) is 14.7. The van der Waals surface area contributed by atoms with Gasteiger partial charge in [-0.3, -0.25) is 4.79 Å². The van der Waals surface area contributed by atoms with Gasteiger partial charge in [-0.05, 0) is 55.8 Å². The number of hydrogen-bond acceptors (Lipinski definition) is 2. The summed E-state index contributed by atoms with van der Waals surface area (Å²) in [5.41, 5.74) is 5.77. The van der Waals surface area contributed by atoms with Crippen LogP contribution in [-0.2, 0) is 4.79 Å². The summed E-state index contributed by atoms with van der Waals surface area (Å²) in [7, 11) is 0. The fraction of sp³-hybridized carbons (Fsp3) is 0.929. The van der Waals surface area contributed by atoms with Gasteiger partial charge in [-0.15, -0.1) is 12.4 Å². The van der Waals surface area contributed by atoms with Gasteiger partial charge in [-0.2, -0.15) is 0 Å². The van der Waals surface area contributed by atoms with Crippen molar-refractivity contribution in [2.24, 2.45) is 35.3 Å². The molecule has 4 fully saturated rings. The van der Waals surface area contributed by atoms with Crippen LogP contribution in [0.3, 0.4) is 0 Å². The molecule has 102 valence electrons. The number of halogens is 1. The highest BCUT2D eigenvalue weighted by atomic mass is 35.5. The monoisotopic (exact) mass is 270 g/mol. The first kappa shape index (κ1) is 12.7. The molecule has 3 saturated carbocycles. The van der Waals surface area contributed by atoms with Gasteiger partial charge >= 0.3 is 0 Å². The summed E-state index contributed by atoms with van der Waals surface area (Å²) in [6.07, 6.45) is 6.50. The Bertz CT molecular complexity index is 346. The Balaban J connectivity index is 0.000001000. The molecule has 4 heteroatoms. The lowest BCUT2D eigenvalue weighted by molar-refractivity contribution is -0.134. The highest BCUT2D eigenvalue weighted by Gasteiger charge is 2.68. The molecule has 0 aromatic heterocycles. The predicted molar refractivity (Wildman–Crippen MR) is 72.3 cm³/mol. The Kier molecular flexibility index (Phi) is 3.10. The first-order chi connectivity index (χ1) is 8.31. The zero-order chi connectivity index (χ0) is 11.6. The average molecular weight is 271 g/mol. The van der Waals surface area contributed by atoms with Crippen molar-refractivity contribution in [3.63, 3.8) is 0 Å². The van der Waals surface area contributed by atoms with E-state index in [1.165, 1.54) is 19.3 Å². The van der Waals surface area contributed by atoms with E-state index in [4.69, 9.17) is 5.73 Å². The summed E-state index contributed by atoms with van der Waals surface area (Å²) in [6, 6.07) is 0.349. The molecule has 1 saturated heterocycles. The van der Waals surface area contributed by atoms with Gasteiger partial charge in [0.1, 0.15) is 0 Å². The zero-order valence-corrected chi connectivity index (χ0v) is 11.6. The Hall–Kier alpha value is -0.280.